The van der Waals surface area contributed by atoms with E-state index in [1.165, 1.54) is 32.1 Å². The van der Waals surface area contributed by atoms with Crippen LogP contribution in [-0.4, -0.2) is 18.5 Å². The van der Waals surface area contributed by atoms with E-state index in [9.17, 15) is 4.79 Å². The lowest BCUT2D eigenvalue weighted by molar-refractivity contribution is -0.126. The van der Waals surface area contributed by atoms with Crippen molar-refractivity contribution in [2.75, 3.05) is 6.54 Å². The van der Waals surface area contributed by atoms with Gasteiger partial charge in [-0.25, -0.2) is 0 Å². The lowest BCUT2D eigenvalue weighted by atomic mass is 9.84. The lowest BCUT2D eigenvalue weighted by Crippen LogP contribution is -2.46. The molecule has 2 fully saturated rings. The number of rotatable bonds is 4. The van der Waals surface area contributed by atoms with E-state index in [4.69, 9.17) is 5.73 Å². The molecule has 0 aromatic heterocycles. The Balaban J connectivity index is 0.00000144. The molecule has 17 heavy (non-hydrogen) atoms. The number of halogens is 1. The number of nitrogens with two attached hydrogens (primary N) is 1. The Hall–Kier alpha value is -0.280. The van der Waals surface area contributed by atoms with Gasteiger partial charge in [0.25, 0.3) is 0 Å². The van der Waals surface area contributed by atoms with Gasteiger partial charge < -0.3 is 11.1 Å². The van der Waals surface area contributed by atoms with Crippen LogP contribution in [0.25, 0.3) is 0 Å². The number of amides is 1. The van der Waals surface area contributed by atoms with Crippen LogP contribution >= 0.6 is 12.4 Å². The molecule has 2 aliphatic carbocycles. The van der Waals surface area contributed by atoms with E-state index in [2.05, 4.69) is 12.2 Å². The van der Waals surface area contributed by atoms with Crippen molar-refractivity contribution in [3.63, 3.8) is 0 Å². The first-order valence-corrected chi connectivity index (χ1v) is 6.72. The molecule has 0 heterocycles. The topological polar surface area (TPSA) is 55.1 Å². The van der Waals surface area contributed by atoms with Gasteiger partial charge in [-0.15, -0.1) is 12.4 Å². The lowest BCUT2D eigenvalue weighted by Gasteiger charge is -2.32. The quantitative estimate of drug-likeness (QED) is 0.813. The maximum Gasteiger partial charge on any atom is 0.223 e. The molecule has 2 aliphatic rings. The van der Waals surface area contributed by atoms with Crippen molar-refractivity contribution in [3.8, 4) is 0 Å². The van der Waals surface area contributed by atoms with Gasteiger partial charge in [0.2, 0.25) is 5.91 Å². The van der Waals surface area contributed by atoms with Crippen molar-refractivity contribution in [3.05, 3.63) is 0 Å². The van der Waals surface area contributed by atoms with Gasteiger partial charge in [-0.2, -0.15) is 0 Å². The van der Waals surface area contributed by atoms with Crippen LogP contribution in [-0.2, 0) is 4.79 Å². The first-order valence-electron chi connectivity index (χ1n) is 6.72. The van der Waals surface area contributed by atoms with E-state index in [0.717, 1.165) is 6.42 Å². The Labute approximate surface area is 110 Å². The van der Waals surface area contributed by atoms with Crippen molar-refractivity contribution in [2.45, 2.75) is 51.5 Å². The summed E-state index contributed by atoms with van der Waals surface area (Å²) in [4.78, 5) is 12.0. The first-order chi connectivity index (χ1) is 7.72. The summed E-state index contributed by atoms with van der Waals surface area (Å²) in [6, 6.07) is 0.340. The normalized spacial score (nSPS) is 30.2. The maximum atomic E-state index is 12.0. The van der Waals surface area contributed by atoms with E-state index in [1.807, 2.05) is 0 Å². The third kappa shape index (κ3) is 3.85. The van der Waals surface area contributed by atoms with E-state index in [1.54, 1.807) is 0 Å². The minimum absolute atomic E-state index is 0. The fourth-order valence-corrected chi connectivity index (χ4v) is 2.80. The van der Waals surface area contributed by atoms with Crippen molar-refractivity contribution < 1.29 is 4.79 Å². The van der Waals surface area contributed by atoms with Gasteiger partial charge in [0, 0.05) is 12.0 Å². The van der Waals surface area contributed by atoms with Gasteiger partial charge in [-0.05, 0) is 44.1 Å². The molecule has 1 amide bonds. The Morgan fingerprint density at radius 2 is 1.94 bits per heavy atom. The summed E-state index contributed by atoms with van der Waals surface area (Å²) in [6.45, 7) is 2.77. The first kappa shape index (κ1) is 14.8. The molecule has 0 radical (unpaired) electrons. The second kappa shape index (κ2) is 6.60. The summed E-state index contributed by atoms with van der Waals surface area (Å²) in [5.41, 5.74) is 5.77. The number of carbonyl (C=O) groups is 1. The van der Waals surface area contributed by atoms with E-state index < -0.39 is 0 Å². The molecule has 3 atom stereocenters. The fraction of sp³-hybridized carbons (Fsp3) is 0.923. The molecule has 0 aliphatic heterocycles. The van der Waals surface area contributed by atoms with E-state index in [-0.39, 0.29) is 24.2 Å². The van der Waals surface area contributed by atoms with Crippen LogP contribution in [0.15, 0.2) is 0 Å². The van der Waals surface area contributed by atoms with Crippen molar-refractivity contribution in [1.29, 1.82) is 0 Å². The van der Waals surface area contributed by atoms with Crippen LogP contribution in [0.2, 0.25) is 0 Å². The second-order valence-corrected chi connectivity index (χ2v) is 5.52. The highest BCUT2D eigenvalue weighted by Gasteiger charge is 2.34. The Bertz CT molecular complexity index is 256. The van der Waals surface area contributed by atoms with Crippen LogP contribution < -0.4 is 11.1 Å². The largest absolute Gasteiger partial charge is 0.353 e. The Morgan fingerprint density at radius 3 is 2.53 bits per heavy atom. The second-order valence-electron chi connectivity index (χ2n) is 5.52. The molecule has 3 N–H and O–H groups in total. The SMILES string of the molecule is CC(C(=O)NC1CCCCC1CN)C1CC1.Cl. The smallest absolute Gasteiger partial charge is 0.223 e. The minimum atomic E-state index is 0. The highest BCUT2D eigenvalue weighted by molar-refractivity contribution is 5.85. The van der Waals surface area contributed by atoms with Crippen molar-refractivity contribution in [1.82, 2.24) is 5.32 Å². The summed E-state index contributed by atoms with van der Waals surface area (Å²) in [5.74, 6) is 1.62. The number of carbonyl (C=O) groups excluding carboxylic acids is 1. The van der Waals surface area contributed by atoms with Gasteiger partial charge >= 0.3 is 0 Å². The maximum absolute atomic E-state index is 12.0. The molecule has 4 heteroatoms. The molecule has 100 valence electrons. The predicted octanol–water partition coefficient (Wildman–Crippen LogP) is 2.09. The molecular formula is C13H25ClN2O. The zero-order valence-corrected chi connectivity index (χ0v) is 11.5. The monoisotopic (exact) mass is 260 g/mol. The molecule has 0 bridgehead atoms. The van der Waals surface area contributed by atoms with Crippen LogP contribution in [0.3, 0.4) is 0 Å². The number of nitrogens with one attached hydrogen (secondary N) is 1. The molecule has 0 aromatic carbocycles. The van der Waals surface area contributed by atoms with Crippen LogP contribution in [0, 0.1) is 17.8 Å². The highest BCUT2D eigenvalue weighted by atomic mass is 35.5. The summed E-state index contributed by atoms with van der Waals surface area (Å²) in [6.07, 6.45) is 7.27. The van der Waals surface area contributed by atoms with Crippen molar-refractivity contribution >= 4 is 18.3 Å². The third-order valence-electron chi connectivity index (χ3n) is 4.28. The molecular weight excluding hydrogens is 236 g/mol. The molecule has 0 spiro atoms. The zero-order valence-electron chi connectivity index (χ0n) is 10.7. The molecule has 0 aromatic rings. The summed E-state index contributed by atoms with van der Waals surface area (Å²) < 4.78 is 0. The van der Waals surface area contributed by atoms with Crippen LogP contribution in [0.5, 0.6) is 0 Å². The Morgan fingerprint density at radius 1 is 1.29 bits per heavy atom. The summed E-state index contributed by atoms with van der Waals surface area (Å²) in [5, 5.41) is 3.22. The fourth-order valence-electron chi connectivity index (χ4n) is 2.80. The van der Waals surface area contributed by atoms with Crippen LogP contribution in [0.1, 0.15) is 45.4 Å². The van der Waals surface area contributed by atoms with E-state index >= 15 is 0 Å². The van der Waals surface area contributed by atoms with Crippen molar-refractivity contribution in [2.24, 2.45) is 23.5 Å². The molecule has 2 rings (SSSR count). The minimum Gasteiger partial charge on any atom is -0.353 e. The van der Waals surface area contributed by atoms with E-state index in [0.29, 0.717) is 24.4 Å². The molecule has 0 saturated heterocycles. The van der Waals surface area contributed by atoms with Gasteiger partial charge in [0.15, 0.2) is 0 Å². The van der Waals surface area contributed by atoms with Gasteiger partial charge in [0.1, 0.15) is 0 Å². The molecule has 3 unspecified atom stereocenters. The number of hydrogen-bond acceptors (Lipinski definition) is 2. The third-order valence-corrected chi connectivity index (χ3v) is 4.28. The zero-order chi connectivity index (χ0) is 11.5. The van der Waals surface area contributed by atoms with Gasteiger partial charge in [-0.3, -0.25) is 4.79 Å². The molecule has 2 saturated carbocycles. The van der Waals surface area contributed by atoms with Crippen LogP contribution in [0.4, 0.5) is 0 Å². The van der Waals surface area contributed by atoms with Gasteiger partial charge in [0.05, 0.1) is 0 Å². The average Bonchev–Trinajstić information content (AvgIpc) is 3.12. The standard InChI is InChI=1S/C13H24N2O.ClH/c1-9(10-6-7-10)13(16)15-12-5-3-2-4-11(12)8-14;/h9-12H,2-8,14H2,1H3,(H,15,16);1H. The molecule has 3 nitrogen and oxygen atoms in total. The summed E-state index contributed by atoms with van der Waals surface area (Å²) in [7, 11) is 0. The average molecular weight is 261 g/mol. The summed E-state index contributed by atoms with van der Waals surface area (Å²) >= 11 is 0. The predicted molar refractivity (Wildman–Crippen MR) is 72.1 cm³/mol. The Kier molecular flexibility index (Phi) is 5.74. The number of hydrogen-bond donors (Lipinski definition) is 2. The highest BCUT2D eigenvalue weighted by Crippen LogP contribution is 2.37. The van der Waals surface area contributed by atoms with Gasteiger partial charge in [-0.1, -0.05) is 19.8 Å².